The summed E-state index contributed by atoms with van der Waals surface area (Å²) < 4.78 is 1.44. The van der Waals surface area contributed by atoms with Gasteiger partial charge in [-0.1, -0.05) is 35.3 Å². The van der Waals surface area contributed by atoms with Crippen molar-refractivity contribution >= 4 is 46.2 Å². The monoisotopic (exact) mass is 385 g/mol. The lowest BCUT2D eigenvalue weighted by Gasteiger charge is -2.12. The summed E-state index contributed by atoms with van der Waals surface area (Å²) >= 11 is 12.3. The maximum absolute atomic E-state index is 12.8. The molecule has 0 fully saturated rings. The molecule has 0 aliphatic heterocycles. The van der Waals surface area contributed by atoms with Crippen molar-refractivity contribution in [2.75, 3.05) is 19.0 Å². The topological polar surface area (TPSA) is 37.6 Å². The van der Waals surface area contributed by atoms with Gasteiger partial charge in [-0.25, -0.2) is 4.98 Å². The van der Waals surface area contributed by atoms with Gasteiger partial charge in [0.15, 0.2) is 5.65 Å². The van der Waals surface area contributed by atoms with Crippen LogP contribution in [-0.2, 0) is 6.42 Å². The molecule has 132 valence electrons. The molecule has 0 N–H and O–H groups in total. The van der Waals surface area contributed by atoms with Gasteiger partial charge in [0, 0.05) is 31.5 Å². The maximum Gasteiger partial charge on any atom is 0.261 e. The second-order valence-electron chi connectivity index (χ2n) is 6.60. The van der Waals surface area contributed by atoms with E-state index in [4.69, 9.17) is 23.2 Å². The zero-order valence-corrected chi connectivity index (χ0v) is 16.0. The number of hydrogen-bond acceptors (Lipinski definition) is 3. The van der Waals surface area contributed by atoms with Crippen LogP contribution in [0.2, 0.25) is 10.0 Å². The number of nitrogens with zero attached hydrogens (tertiary/aromatic N) is 3. The molecule has 6 heteroatoms. The average Bonchev–Trinajstić information content (AvgIpc) is 3.00. The summed E-state index contributed by atoms with van der Waals surface area (Å²) in [5.74, 6) is 0. The van der Waals surface area contributed by atoms with Gasteiger partial charge < -0.3 is 4.90 Å². The Hall–Kier alpha value is -2.30. The number of aromatic nitrogens is 2. The molecule has 26 heavy (non-hydrogen) atoms. The number of rotatable bonds is 2. The normalized spacial score (nSPS) is 14.8. The Kier molecular flexibility index (Phi) is 4.25. The summed E-state index contributed by atoms with van der Waals surface area (Å²) in [6, 6.07) is 9.89. The first-order valence-electron chi connectivity index (χ1n) is 8.32. The molecule has 2 aromatic heterocycles. The van der Waals surface area contributed by atoms with Gasteiger partial charge in [-0.3, -0.25) is 9.20 Å². The predicted molar refractivity (Wildman–Crippen MR) is 108 cm³/mol. The molecule has 1 aliphatic carbocycles. The van der Waals surface area contributed by atoms with Gasteiger partial charge in [-0.05, 0) is 48.3 Å². The van der Waals surface area contributed by atoms with Crippen molar-refractivity contribution in [2.45, 2.75) is 12.8 Å². The van der Waals surface area contributed by atoms with E-state index in [1.165, 1.54) is 4.40 Å². The molecule has 0 atom stereocenters. The fraction of sp³-hybridized carbons (Fsp3) is 0.200. The highest BCUT2D eigenvalue weighted by atomic mass is 35.5. The molecular weight excluding hydrogens is 369 g/mol. The lowest BCUT2D eigenvalue weighted by atomic mass is 10.1. The highest BCUT2D eigenvalue weighted by molar-refractivity contribution is 6.36. The summed E-state index contributed by atoms with van der Waals surface area (Å²) in [5.41, 5.74) is 5.10. The largest absolute Gasteiger partial charge is 0.378 e. The number of halogens is 2. The van der Waals surface area contributed by atoms with Gasteiger partial charge in [0.05, 0.1) is 15.7 Å². The number of allylic oxidation sites excluding steroid dienone is 1. The molecule has 0 spiro atoms. The Balaban J connectivity index is 1.83. The molecule has 0 saturated heterocycles. The van der Waals surface area contributed by atoms with Crippen molar-refractivity contribution in [3.8, 4) is 0 Å². The number of pyridine rings is 1. The van der Waals surface area contributed by atoms with Crippen molar-refractivity contribution in [3.05, 3.63) is 73.7 Å². The number of anilines is 1. The predicted octanol–water partition coefficient (Wildman–Crippen LogP) is 4.55. The summed E-state index contributed by atoms with van der Waals surface area (Å²) in [6.07, 6.45) is 5.13. The fourth-order valence-corrected chi connectivity index (χ4v) is 3.80. The molecular formula is C20H17Cl2N3O. The molecule has 4 nitrogen and oxygen atoms in total. The second kappa shape index (κ2) is 6.45. The van der Waals surface area contributed by atoms with Crippen molar-refractivity contribution in [1.82, 2.24) is 9.38 Å². The van der Waals surface area contributed by atoms with Crippen LogP contribution in [0.15, 0.2) is 41.3 Å². The van der Waals surface area contributed by atoms with Crippen LogP contribution in [0.4, 0.5) is 5.69 Å². The van der Waals surface area contributed by atoms with E-state index in [-0.39, 0.29) is 5.56 Å². The highest BCUT2D eigenvalue weighted by Gasteiger charge is 2.23. The third-order valence-corrected chi connectivity index (χ3v) is 5.12. The standard InChI is InChI=1S/C20H17Cl2N3O/c1-24(2)15-6-3-12(4-7-15)9-13-5-8-16-18(13)23-19-17(22)10-14(21)11-25(19)20(16)26/h3-4,6-7,9-11H,5,8H2,1-2H3. The number of fused-ring (bicyclic) bond motifs is 2. The van der Waals surface area contributed by atoms with Crippen LogP contribution in [-0.4, -0.2) is 23.5 Å². The summed E-state index contributed by atoms with van der Waals surface area (Å²) in [4.78, 5) is 19.6. The van der Waals surface area contributed by atoms with E-state index in [2.05, 4.69) is 40.2 Å². The van der Waals surface area contributed by atoms with Crippen LogP contribution in [0.5, 0.6) is 0 Å². The van der Waals surface area contributed by atoms with E-state index in [0.29, 0.717) is 22.1 Å². The lowest BCUT2D eigenvalue weighted by molar-refractivity contribution is 0.971. The Morgan fingerprint density at radius 2 is 1.88 bits per heavy atom. The summed E-state index contributed by atoms with van der Waals surface area (Å²) in [6.45, 7) is 0. The Labute approximate surface area is 161 Å². The lowest BCUT2D eigenvalue weighted by Crippen LogP contribution is -2.20. The Bertz CT molecular complexity index is 1100. The first kappa shape index (κ1) is 17.1. The van der Waals surface area contributed by atoms with Crippen LogP contribution >= 0.6 is 23.2 Å². The quantitative estimate of drug-likeness (QED) is 0.648. The molecule has 2 heterocycles. The third kappa shape index (κ3) is 2.89. The van der Waals surface area contributed by atoms with Gasteiger partial charge in [-0.2, -0.15) is 0 Å². The van der Waals surface area contributed by atoms with Gasteiger partial charge in [0.25, 0.3) is 5.56 Å². The van der Waals surface area contributed by atoms with E-state index >= 15 is 0 Å². The van der Waals surface area contributed by atoms with E-state index in [0.717, 1.165) is 34.5 Å². The smallest absolute Gasteiger partial charge is 0.261 e. The van der Waals surface area contributed by atoms with Crippen LogP contribution in [0.3, 0.4) is 0 Å². The zero-order valence-electron chi connectivity index (χ0n) is 14.5. The molecule has 0 amide bonds. The SMILES string of the molecule is CN(C)c1ccc(C=C2CCc3c2nc2c(Cl)cc(Cl)cn2c3=O)cc1. The highest BCUT2D eigenvalue weighted by Crippen LogP contribution is 2.32. The molecule has 0 unspecified atom stereocenters. The minimum atomic E-state index is -0.0965. The molecule has 4 rings (SSSR count). The molecule has 3 aromatic rings. The van der Waals surface area contributed by atoms with Crippen LogP contribution < -0.4 is 10.5 Å². The van der Waals surface area contributed by atoms with Gasteiger partial charge in [-0.15, -0.1) is 0 Å². The van der Waals surface area contributed by atoms with Crippen molar-refractivity contribution in [1.29, 1.82) is 0 Å². The first-order chi connectivity index (χ1) is 12.4. The zero-order chi connectivity index (χ0) is 18.4. The van der Waals surface area contributed by atoms with E-state index in [9.17, 15) is 4.79 Å². The Morgan fingerprint density at radius 3 is 2.58 bits per heavy atom. The van der Waals surface area contributed by atoms with Gasteiger partial charge in [0.1, 0.15) is 0 Å². The van der Waals surface area contributed by atoms with E-state index < -0.39 is 0 Å². The fourth-order valence-electron chi connectivity index (χ4n) is 3.28. The van der Waals surface area contributed by atoms with Crippen molar-refractivity contribution in [3.63, 3.8) is 0 Å². The minimum Gasteiger partial charge on any atom is -0.378 e. The van der Waals surface area contributed by atoms with Crippen LogP contribution in [0.1, 0.15) is 23.2 Å². The number of hydrogen-bond donors (Lipinski definition) is 0. The van der Waals surface area contributed by atoms with Gasteiger partial charge in [0.2, 0.25) is 0 Å². The second-order valence-corrected chi connectivity index (χ2v) is 7.44. The van der Waals surface area contributed by atoms with Crippen LogP contribution in [0, 0.1) is 0 Å². The van der Waals surface area contributed by atoms with E-state index in [1.54, 1.807) is 12.3 Å². The summed E-state index contributed by atoms with van der Waals surface area (Å²) in [7, 11) is 4.03. The first-order valence-corrected chi connectivity index (χ1v) is 9.08. The maximum atomic E-state index is 12.8. The number of benzene rings is 1. The van der Waals surface area contributed by atoms with E-state index in [1.807, 2.05) is 14.1 Å². The molecule has 1 aromatic carbocycles. The average molecular weight is 386 g/mol. The third-order valence-electron chi connectivity index (χ3n) is 4.64. The molecule has 0 saturated carbocycles. The van der Waals surface area contributed by atoms with Crippen LogP contribution in [0.25, 0.3) is 17.3 Å². The van der Waals surface area contributed by atoms with Crippen molar-refractivity contribution in [2.24, 2.45) is 0 Å². The molecule has 1 aliphatic rings. The summed E-state index contributed by atoms with van der Waals surface area (Å²) in [5, 5.41) is 0.792. The minimum absolute atomic E-state index is 0.0965. The molecule has 0 bridgehead atoms. The van der Waals surface area contributed by atoms with Crippen molar-refractivity contribution < 1.29 is 0 Å². The molecule has 0 radical (unpaired) electrons. The Morgan fingerprint density at radius 1 is 1.15 bits per heavy atom. The van der Waals surface area contributed by atoms with Gasteiger partial charge >= 0.3 is 0 Å².